The van der Waals surface area contributed by atoms with Crippen molar-refractivity contribution in [3.8, 4) is 0 Å². The van der Waals surface area contributed by atoms with Gasteiger partial charge in [-0.25, -0.2) is 4.39 Å². The summed E-state index contributed by atoms with van der Waals surface area (Å²) < 4.78 is 14.6. The van der Waals surface area contributed by atoms with Gasteiger partial charge in [-0.15, -0.1) is 0 Å². The van der Waals surface area contributed by atoms with Crippen molar-refractivity contribution >= 4 is 35.8 Å². The Morgan fingerprint density at radius 1 is 1.35 bits per heavy atom. The number of benzene rings is 1. The Morgan fingerprint density at radius 3 is 2.89 bits per heavy atom. The number of carbonyl (C=O) groups excluding carboxylic acids is 2. The first-order valence-electron chi connectivity index (χ1n) is 12.8. The number of fused-ring (bicyclic) bond motifs is 1. The van der Waals surface area contributed by atoms with Crippen LogP contribution in [0.25, 0.3) is 17.7 Å². The normalized spacial score (nSPS) is 21.0. The average molecular weight is 507 g/mol. The number of hydrogen-bond acceptors (Lipinski definition) is 5. The second-order valence-corrected chi connectivity index (χ2v) is 9.45. The number of likely N-dealkylation sites (N-methyl/N-ethyl adjacent to an activating group) is 1. The van der Waals surface area contributed by atoms with Gasteiger partial charge in [0.25, 0.3) is 0 Å². The summed E-state index contributed by atoms with van der Waals surface area (Å²) in [4.78, 5) is 32.1. The van der Waals surface area contributed by atoms with E-state index in [1.165, 1.54) is 6.07 Å². The lowest BCUT2D eigenvalue weighted by Crippen LogP contribution is -2.52. The van der Waals surface area contributed by atoms with E-state index in [0.717, 1.165) is 41.1 Å². The number of hydrogen-bond donors (Lipinski definition) is 3. The van der Waals surface area contributed by atoms with Crippen LogP contribution in [0.1, 0.15) is 49.9 Å². The average Bonchev–Trinajstić information content (AvgIpc) is 3.34. The summed E-state index contributed by atoms with van der Waals surface area (Å²) in [6, 6.07) is 5.49. The van der Waals surface area contributed by atoms with Crippen LogP contribution in [0.4, 0.5) is 4.39 Å². The van der Waals surface area contributed by atoms with Crippen molar-refractivity contribution in [2.75, 3.05) is 27.2 Å². The molecule has 4 rings (SSSR count). The Labute approximate surface area is 216 Å². The summed E-state index contributed by atoms with van der Waals surface area (Å²) in [6.45, 7) is 3.18. The fourth-order valence-electron chi connectivity index (χ4n) is 5.16. The molecule has 1 fully saturated rings. The molecule has 3 atom stereocenters. The highest BCUT2D eigenvalue weighted by atomic mass is 19.1. The second kappa shape index (κ2) is 12.1. The molecule has 1 saturated heterocycles. The van der Waals surface area contributed by atoms with Crippen LogP contribution in [0.2, 0.25) is 0 Å². The minimum atomic E-state index is -0.748. The molecule has 3 N–H and O–H groups in total. The van der Waals surface area contributed by atoms with Crippen molar-refractivity contribution in [3.05, 3.63) is 58.0 Å². The summed E-state index contributed by atoms with van der Waals surface area (Å²) in [5.41, 5.74) is 2.23. The zero-order valence-electron chi connectivity index (χ0n) is 21.6. The largest absolute Gasteiger partial charge is 0.358 e. The van der Waals surface area contributed by atoms with Gasteiger partial charge >= 0.3 is 0 Å². The first-order chi connectivity index (χ1) is 18.0. The van der Waals surface area contributed by atoms with E-state index < -0.39 is 11.9 Å². The first kappa shape index (κ1) is 26.5. The number of aromatic nitrogens is 2. The number of nitrogens with one attached hydrogen (secondary N) is 3. The molecule has 1 aliphatic heterocycles. The lowest BCUT2D eigenvalue weighted by molar-refractivity contribution is -0.127. The summed E-state index contributed by atoms with van der Waals surface area (Å²) in [7, 11) is 3.28. The Hall–Kier alpha value is -3.59. The van der Waals surface area contributed by atoms with Crippen molar-refractivity contribution in [2.45, 2.75) is 44.7 Å². The highest BCUT2D eigenvalue weighted by Crippen LogP contribution is 2.27. The number of carbonyl (C=O) groups is 2. The first-order valence-corrected chi connectivity index (χ1v) is 12.8. The molecule has 1 aromatic heterocycles. The van der Waals surface area contributed by atoms with Gasteiger partial charge < -0.3 is 10.6 Å². The fraction of sp³-hybridized carbons (Fsp3) is 0.429. The molecule has 8 nitrogen and oxygen atoms in total. The van der Waals surface area contributed by atoms with E-state index in [1.54, 1.807) is 38.5 Å². The number of nitrogens with zero attached hydrogens (tertiary/aromatic N) is 3. The van der Waals surface area contributed by atoms with Crippen LogP contribution in [0.3, 0.4) is 0 Å². The fourth-order valence-corrected chi connectivity index (χ4v) is 5.16. The van der Waals surface area contributed by atoms with Gasteiger partial charge in [0.1, 0.15) is 11.9 Å². The third-order valence-electron chi connectivity index (χ3n) is 7.08. The summed E-state index contributed by atoms with van der Waals surface area (Å²) >= 11 is 0. The number of aromatic amines is 1. The summed E-state index contributed by atoms with van der Waals surface area (Å²) in [6.07, 6.45) is 10.7. The molecule has 1 aliphatic carbocycles. The van der Waals surface area contributed by atoms with E-state index in [2.05, 4.69) is 32.7 Å². The van der Waals surface area contributed by atoms with Crippen molar-refractivity contribution in [3.63, 3.8) is 0 Å². The topological polar surface area (TPSA) is 102 Å². The van der Waals surface area contributed by atoms with Crippen molar-refractivity contribution in [1.29, 1.82) is 0 Å². The van der Waals surface area contributed by atoms with Crippen LogP contribution >= 0.6 is 0 Å². The third kappa shape index (κ3) is 5.88. The van der Waals surface area contributed by atoms with Gasteiger partial charge in [-0.1, -0.05) is 37.3 Å². The lowest BCUT2D eigenvalue weighted by atomic mass is 9.95. The quantitative estimate of drug-likeness (QED) is 0.474. The maximum atomic E-state index is 14.6. The number of allylic oxidation sites excluding steroid dienone is 2. The van der Waals surface area contributed by atoms with E-state index in [0.29, 0.717) is 25.1 Å². The SMILES string of the molecule is CCC(=CC=NC)c1n[nH]c2c1=CC(C(=O)NC1CCCN(C(C(=O)NC)c3ccccc3F)C1)CC=2. The minimum Gasteiger partial charge on any atom is -0.358 e. The second-order valence-electron chi connectivity index (χ2n) is 9.45. The van der Waals surface area contributed by atoms with E-state index in [1.807, 2.05) is 23.1 Å². The number of halogens is 1. The maximum absolute atomic E-state index is 14.6. The number of piperidine rings is 1. The van der Waals surface area contributed by atoms with Gasteiger partial charge in [-0.3, -0.25) is 24.6 Å². The Balaban J connectivity index is 1.51. The third-order valence-corrected chi connectivity index (χ3v) is 7.08. The summed E-state index contributed by atoms with van der Waals surface area (Å²) in [5.74, 6) is -1.05. The van der Waals surface area contributed by atoms with Crippen molar-refractivity contribution < 1.29 is 14.0 Å². The zero-order chi connectivity index (χ0) is 26.4. The van der Waals surface area contributed by atoms with E-state index in [-0.39, 0.29) is 23.8 Å². The van der Waals surface area contributed by atoms with E-state index in [4.69, 9.17) is 0 Å². The summed E-state index contributed by atoms with van der Waals surface area (Å²) in [5, 5.41) is 15.3. The van der Waals surface area contributed by atoms with Gasteiger partial charge in [0.2, 0.25) is 11.8 Å². The van der Waals surface area contributed by atoms with Crippen LogP contribution < -0.4 is 21.2 Å². The molecule has 0 bridgehead atoms. The molecule has 0 radical (unpaired) electrons. The zero-order valence-corrected chi connectivity index (χ0v) is 21.6. The Morgan fingerprint density at radius 2 is 2.16 bits per heavy atom. The van der Waals surface area contributed by atoms with Gasteiger partial charge in [0.15, 0.2) is 0 Å². The van der Waals surface area contributed by atoms with Crippen LogP contribution in [0.15, 0.2) is 35.3 Å². The molecule has 0 spiro atoms. The molecular formula is C28H35FN6O2. The van der Waals surface area contributed by atoms with Gasteiger partial charge in [-0.2, -0.15) is 5.10 Å². The van der Waals surface area contributed by atoms with Gasteiger partial charge in [-0.05, 0) is 49.9 Å². The standard InChI is InChI=1S/C28H35FN6O2/c1-4-18(13-14-30-2)25-22-16-19(11-12-24(22)33-34-25)27(36)32-20-8-7-15-35(17-20)26(28(37)31-3)21-9-5-6-10-23(21)29/h5-6,9-10,12-14,16,19-20,26,33H,4,7-8,11,15,17H2,1-3H3,(H,31,37)(H,32,36). The molecule has 0 saturated carbocycles. The van der Waals surface area contributed by atoms with Gasteiger partial charge in [0, 0.05) is 43.7 Å². The number of likely N-dealkylation sites (tertiary alicyclic amines) is 1. The van der Waals surface area contributed by atoms with Crippen LogP contribution in [0, 0.1) is 11.7 Å². The number of rotatable bonds is 8. The Bertz CT molecular complexity index is 1310. The molecule has 37 heavy (non-hydrogen) atoms. The van der Waals surface area contributed by atoms with Gasteiger partial charge in [0.05, 0.1) is 17.0 Å². The lowest BCUT2D eigenvalue weighted by Gasteiger charge is -2.38. The van der Waals surface area contributed by atoms with Crippen LogP contribution in [-0.4, -0.2) is 66.4 Å². The molecule has 2 amide bonds. The Kier molecular flexibility index (Phi) is 8.66. The van der Waals surface area contributed by atoms with Crippen LogP contribution in [0.5, 0.6) is 0 Å². The maximum Gasteiger partial charge on any atom is 0.241 e. The molecule has 2 heterocycles. The number of aliphatic imine (C=N–C) groups is 1. The van der Waals surface area contributed by atoms with E-state index >= 15 is 0 Å². The molecule has 196 valence electrons. The van der Waals surface area contributed by atoms with Crippen molar-refractivity contribution in [2.24, 2.45) is 10.9 Å². The smallest absolute Gasteiger partial charge is 0.241 e. The number of H-pyrrole nitrogens is 1. The highest BCUT2D eigenvalue weighted by Gasteiger charge is 2.34. The number of amides is 2. The molecule has 2 aromatic rings. The molecule has 9 heteroatoms. The predicted octanol–water partition coefficient (Wildman–Crippen LogP) is 1.69. The molecular weight excluding hydrogens is 471 g/mol. The molecule has 2 aliphatic rings. The predicted molar refractivity (Wildman–Crippen MR) is 144 cm³/mol. The van der Waals surface area contributed by atoms with Crippen molar-refractivity contribution in [1.82, 2.24) is 25.7 Å². The molecule has 3 unspecified atom stereocenters. The monoisotopic (exact) mass is 506 g/mol. The van der Waals surface area contributed by atoms with E-state index in [9.17, 15) is 14.0 Å². The highest BCUT2D eigenvalue weighted by molar-refractivity contribution is 5.87. The van der Waals surface area contributed by atoms with Crippen LogP contribution in [-0.2, 0) is 9.59 Å². The minimum absolute atomic E-state index is 0.0552. The molecule has 1 aromatic carbocycles.